The van der Waals surface area contributed by atoms with Gasteiger partial charge in [-0.1, -0.05) is 0 Å². The second kappa shape index (κ2) is 4.56. The number of carbonyl (C=O) groups is 1. The molecule has 1 aromatic heterocycles. The number of ether oxygens (including phenoxy) is 1. The molecule has 0 unspecified atom stereocenters. The van der Waals surface area contributed by atoms with Gasteiger partial charge >= 0.3 is 6.01 Å². The number of nitrogens with zero attached hydrogens (tertiary/aromatic N) is 3. The second-order valence-electron chi connectivity index (χ2n) is 2.23. The van der Waals surface area contributed by atoms with Crippen LogP contribution in [0, 0.1) is 0 Å². The lowest BCUT2D eigenvalue weighted by Crippen LogP contribution is -2.22. The molecule has 1 rings (SSSR count). The third kappa shape index (κ3) is 3.02. The van der Waals surface area contributed by atoms with Crippen molar-refractivity contribution < 1.29 is 9.53 Å². The molecule has 0 saturated carbocycles. The van der Waals surface area contributed by atoms with Gasteiger partial charge in [-0.05, 0) is 11.6 Å². The normalized spacial score (nSPS) is 9.57. The van der Waals surface area contributed by atoms with Crippen molar-refractivity contribution in [2.75, 3.05) is 19.0 Å². The Bertz CT molecular complexity index is 345. The van der Waals surface area contributed by atoms with Gasteiger partial charge in [0.25, 0.3) is 0 Å². The summed E-state index contributed by atoms with van der Waals surface area (Å²) in [6.45, 7) is -0.0799. The monoisotopic (exact) mass is 217 g/mol. The van der Waals surface area contributed by atoms with Crippen molar-refractivity contribution in [1.82, 2.24) is 15.0 Å². The van der Waals surface area contributed by atoms with E-state index in [0.29, 0.717) is 0 Å². The Morgan fingerprint density at radius 2 is 2.29 bits per heavy atom. The molecular formula is C6H8ClN5O2. The summed E-state index contributed by atoms with van der Waals surface area (Å²) in [4.78, 5) is 21.6. The third-order valence-electron chi connectivity index (χ3n) is 1.19. The molecular weight excluding hydrogens is 210 g/mol. The summed E-state index contributed by atoms with van der Waals surface area (Å²) in [5, 5.41) is 2.53. The number of aromatic nitrogens is 3. The maximum atomic E-state index is 10.4. The minimum absolute atomic E-state index is 0.0242. The lowest BCUT2D eigenvalue weighted by molar-refractivity contribution is -0.116. The van der Waals surface area contributed by atoms with Crippen LogP contribution in [0.25, 0.3) is 0 Å². The number of methoxy groups -OCH3 is 1. The maximum absolute atomic E-state index is 10.4. The van der Waals surface area contributed by atoms with Crippen LogP contribution in [0.1, 0.15) is 0 Å². The van der Waals surface area contributed by atoms with E-state index in [9.17, 15) is 4.79 Å². The van der Waals surface area contributed by atoms with Crippen molar-refractivity contribution in [2.24, 2.45) is 5.73 Å². The highest BCUT2D eigenvalue weighted by Crippen LogP contribution is 2.09. The van der Waals surface area contributed by atoms with Crippen LogP contribution in [0.4, 0.5) is 5.95 Å². The van der Waals surface area contributed by atoms with E-state index in [1.54, 1.807) is 0 Å². The standard InChI is InChI=1S/C6H8ClN5O2/c1-14-6-11-4(7)10-5(12-6)9-2-3(8)13/h2H2,1H3,(H2,8,13)(H,9,10,11,12). The predicted octanol–water partition coefficient (Wildman–Crippen LogP) is -0.569. The number of anilines is 1. The van der Waals surface area contributed by atoms with Gasteiger partial charge in [-0.25, -0.2) is 0 Å². The van der Waals surface area contributed by atoms with E-state index in [1.165, 1.54) is 7.11 Å². The van der Waals surface area contributed by atoms with Gasteiger partial charge in [0.1, 0.15) is 0 Å². The zero-order chi connectivity index (χ0) is 10.6. The van der Waals surface area contributed by atoms with Gasteiger partial charge in [-0.3, -0.25) is 4.79 Å². The molecule has 7 nitrogen and oxygen atoms in total. The Labute approximate surface area is 84.7 Å². The van der Waals surface area contributed by atoms with Crippen LogP contribution in [-0.4, -0.2) is 34.5 Å². The van der Waals surface area contributed by atoms with Crippen LogP contribution in [0.2, 0.25) is 5.28 Å². The summed E-state index contributed by atoms with van der Waals surface area (Å²) < 4.78 is 4.74. The van der Waals surface area contributed by atoms with Crippen molar-refractivity contribution in [1.29, 1.82) is 0 Å². The van der Waals surface area contributed by atoms with E-state index in [4.69, 9.17) is 22.1 Å². The molecule has 0 spiro atoms. The SMILES string of the molecule is COc1nc(Cl)nc(NCC(N)=O)n1. The molecule has 3 N–H and O–H groups in total. The molecule has 8 heteroatoms. The lowest BCUT2D eigenvalue weighted by Gasteiger charge is -2.03. The predicted molar refractivity (Wildman–Crippen MR) is 49.1 cm³/mol. The highest BCUT2D eigenvalue weighted by molar-refractivity contribution is 6.28. The van der Waals surface area contributed by atoms with Gasteiger partial charge in [0.05, 0.1) is 13.7 Å². The quantitative estimate of drug-likeness (QED) is 0.700. The van der Waals surface area contributed by atoms with Crippen LogP contribution in [0.3, 0.4) is 0 Å². The number of hydrogen-bond acceptors (Lipinski definition) is 6. The number of carbonyl (C=O) groups excluding carboxylic acids is 1. The molecule has 0 saturated heterocycles. The highest BCUT2D eigenvalue weighted by Gasteiger charge is 2.04. The first-order valence-electron chi connectivity index (χ1n) is 3.59. The fourth-order valence-electron chi connectivity index (χ4n) is 0.668. The zero-order valence-corrected chi connectivity index (χ0v) is 8.08. The van der Waals surface area contributed by atoms with E-state index < -0.39 is 5.91 Å². The molecule has 1 heterocycles. The first-order valence-corrected chi connectivity index (χ1v) is 3.97. The summed E-state index contributed by atoms with van der Waals surface area (Å²) in [6, 6.07) is 0.0666. The van der Waals surface area contributed by atoms with E-state index >= 15 is 0 Å². The molecule has 14 heavy (non-hydrogen) atoms. The Balaban J connectivity index is 2.76. The van der Waals surface area contributed by atoms with Gasteiger partial charge < -0.3 is 15.8 Å². The minimum atomic E-state index is -0.527. The topological polar surface area (TPSA) is 103 Å². The van der Waals surface area contributed by atoms with Gasteiger partial charge in [0, 0.05) is 0 Å². The number of rotatable bonds is 4. The van der Waals surface area contributed by atoms with Crippen molar-refractivity contribution in [3.05, 3.63) is 5.28 Å². The molecule has 0 aromatic carbocycles. The van der Waals surface area contributed by atoms with Gasteiger partial charge in [-0.15, -0.1) is 0 Å². The Hall–Kier alpha value is -1.63. The van der Waals surface area contributed by atoms with E-state index in [1.807, 2.05) is 0 Å². The molecule has 0 fully saturated rings. The van der Waals surface area contributed by atoms with Crippen LogP contribution in [0.5, 0.6) is 6.01 Å². The van der Waals surface area contributed by atoms with Crippen LogP contribution in [0.15, 0.2) is 0 Å². The average molecular weight is 218 g/mol. The molecule has 0 radical (unpaired) electrons. The summed E-state index contributed by atoms with van der Waals surface area (Å²) in [5.41, 5.74) is 4.91. The third-order valence-corrected chi connectivity index (χ3v) is 1.36. The summed E-state index contributed by atoms with van der Waals surface area (Å²) >= 11 is 5.55. The van der Waals surface area contributed by atoms with E-state index in [-0.39, 0.29) is 23.8 Å². The molecule has 0 atom stereocenters. The summed E-state index contributed by atoms with van der Waals surface area (Å²) in [6.07, 6.45) is 0. The summed E-state index contributed by atoms with van der Waals surface area (Å²) in [7, 11) is 1.39. The first kappa shape index (κ1) is 10.5. The largest absolute Gasteiger partial charge is 0.467 e. The molecule has 1 aromatic rings. The Morgan fingerprint density at radius 1 is 1.57 bits per heavy atom. The molecule has 0 aliphatic rings. The van der Waals surface area contributed by atoms with Crippen molar-refractivity contribution in [3.63, 3.8) is 0 Å². The number of amides is 1. The maximum Gasteiger partial charge on any atom is 0.322 e. The van der Waals surface area contributed by atoms with Crippen molar-refractivity contribution in [2.45, 2.75) is 0 Å². The summed E-state index contributed by atoms with van der Waals surface area (Å²) in [5.74, 6) is -0.388. The molecule has 0 bridgehead atoms. The fourth-order valence-corrected chi connectivity index (χ4v) is 0.821. The van der Waals surface area contributed by atoms with Crippen LogP contribution >= 0.6 is 11.6 Å². The van der Waals surface area contributed by atoms with Crippen molar-refractivity contribution in [3.8, 4) is 6.01 Å². The molecule has 1 amide bonds. The molecule has 0 aliphatic carbocycles. The fraction of sp³-hybridized carbons (Fsp3) is 0.333. The van der Waals surface area contributed by atoms with E-state index in [2.05, 4.69) is 20.3 Å². The van der Waals surface area contributed by atoms with Crippen LogP contribution in [-0.2, 0) is 4.79 Å². The second-order valence-corrected chi connectivity index (χ2v) is 2.57. The highest BCUT2D eigenvalue weighted by atomic mass is 35.5. The number of nitrogens with one attached hydrogen (secondary N) is 1. The minimum Gasteiger partial charge on any atom is -0.467 e. The first-order chi connectivity index (χ1) is 6.61. The van der Waals surface area contributed by atoms with Gasteiger partial charge in [0.15, 0.2) is 0 Å². The number of primary amides is 1. The molecule has 0 aliphatic heterocycles. The smallest absolute Gasteiger partial charge is 0.322 e. The number of halogens is 1. The molecule has 76 valence electrons. The van der Waals surface area contributed by atoms with E-state index in [0.717, 1.165) is 0 Å². The average Bonchev–Trinajstić information content (AvgIpc) is 2.14. The van der Waals surface area contributed by atoms with Crippen LogP contribution < -0.4 is 15.8 Å². The Morgan fingerprint density at radius 3 is 2.86 bits per heavy atom. The zero-order valence-electron chi connectivity index (χ0n) is 7.32. The van der Waals surface area contributed by atoms with Gasteiger partial charge in [0.2, 0.25) is 17.1 Å². The number of hydrogen-bond donors (Lipinski definition) is 2. The Kier molecular flexibility index (Phi) is 3.41. The number of nitrogens with two attached hydrogens (primary N) is 1. The van der Waals surface area contributed by atoms with Crippen molar-refractivity contribution >= 4 is 23.5 Å². The van der Waals surface area contributed by atoms with Gasteiger partial charge in [-0.2, -0.15) is 15.0 Å². The lowest BCUT2D eigenvalue weighted by atomic mass is 10.6.